The van der Waals surface area contributed by atoms with Crippen LogP contribution >= 0.6 is 0 Å². The van der Waals surface area contributed by atoms with Crippen molar-refractivity contribution in [2.24, 2.45) is 4.99 Å². The molecule has 0 unspecified atom stereocenters. The van der Waals surface area contributed by atoms with Gasteiger partial charge in [0.1, 0.15) is 0 Å². The van der Waals surface area contributed by atoms with Crippen LogP contribution in [0.1, 0.15) is 24.6 Å². The maximum absolute atomic E-state index is 5.24. The number of aryl methyl sites for hydroxylation is 1. The lowest BCUT2D eigenvalue weighted by molar-refractivity contribution is 1.21. The topological polar surface area (TPSA) is 25.2 Å². The number of rotatable bonds is 3. The van der Waals surface area contributed by atoms with Crippen molar-refractivity contribution < 1.29 is 0 Å². The molecule has 1 heterocycles. The number of aliphatic imine (C=N–C) groups is 1. The summed E-state index contributed by atoms with van der Waals surface area (Å²) < 4.78 is 0. The number of aromatic nitrogens is 1. The van der Waals surface area contributed by atoms with E-state index in [-0.39, 0.29) is 0 Å². The third kappa shape index (κ3) is 3.40. The zero-order valence-electron chi connectivity index (χ0n) is 9.07. The van der Waals surface area contributed by atoms with E-state index in [1.165, 1.54) is 0 Å². The Hall–Kier alpha value is -1.88. The summed E-state index contributed by atoms with van der Waals surface area (Å²) in [5.41, 5.74) is 2.67. The Morgan fingerprint density at radius 1 is 1.60 bits per heavy atom. The van der Waals surface area contributed by atoms with Crippen LogP contribution < -0.4 is 0 Å². The summed E-state index contributed by atoms with van der Waals surface area (Å²) in [7, 11) is 0. The van der Waals surface area contributed by atoms with Crippen LogP contribution in [0.25, 0.3) is 5.70 Å². The smallest absolute Gasteiger partial charge is 0.0965 e. The van der Waals surface area contributed by atoms with Gasteiger partial charge in [0.05, 0.1) is 11.4 Å². The molecule has 0 radical (unpaired) electrons. The van der Waals surface area contributed by atoms with Crippen molar-refractivity contribution in [3.8, 4) is 12.3 Å². The van der Waals surface area contributed by atoms with Gasteiger partial charge >= 0.3 is 0 Å². The second kappa shape index (κ2) is 5.77. The molecule has 2 nitrogen and oxygen atoms in total. The third-order valence-corrected chi connectivity index (χ3v) is 1.81. The highest BCUT2D eigenvalue weighted by molar-refractivity contribution is 5.73. The average Bonchev–Trinajstić information content (AvgIpc) is 2.25. The van der Waals surface area contributed by atoms with Crippen molar-refractivity contribution >= 4 is 11.9 Å². The van der Waals surface area contributed by atoms with Crippen LogP contribution in [0.3, 0.4) is 0 Å². The summed E-state index contributed by atoms with van der Waals surface area (Å²) in [4.78, 5) is 8.54. The van der Waals surface area contributed by atoms with E-state index in [1.807, 2.05) is 32.2 Å². The van der Waals surface area contributed by atoms with E-state index >= 15 is 0 Å². The van der Waals surface area contributed by atoms with Crippen LogP contribution in [0.5, 0.6) is 0 Å². The molecule has 0 amide bonds. The first-order valence-electron chi connectivity index (χ1n) is 4.89. The fourth-order valence-corrected chi connectivity index (χ4v) is 1.07. The summed E-state index contributed by atoms with van der Waals surface area (Å²) in [6.07, 6.45) is 11.4. The first-order valence-corrected chi connectivity index (χ1v) is 4.89. The second-order valence-corrected chi connectivity index (χ2v) is 3.14. The van der Waals surface area contributed by atoms with Gasteiger partial charge in [-0.2, -0.15) is 0 Å². The van der Waals surface area contributed by atoms with Gasteiger partial charge in [0, 0.05) is 18.5 Å². The molecule has 1 aromatic heterocycles. The summed E-state index contributed by atoms with van der Waals surface area (Å²) in [6.45, 7) is 4.02. The number of pyridine rings is 1. The highest BCUT2D eigenvalue weighted by atomic mass is 14.8. The van der Waals surface area contributed by atoms with Crippen LogP contribution in [-0.4, -0.2) is 11.2 Å². The molecule has 76 valence electrons. The Morgan fingerprint density at radius 3 is 2.93 bits per heavy atom. The van der Waals surface area contributed by atoms with Crippen molar-refractivity contribution in [2.75, 3.05) is 0 Å². The van der Waals surface area contributed by atoms with Crippen molar-refractivity contribution in [1.82, 2.24) is 4.98 Å². The van der Waals surface area contributed by atoms with Gasteiger partial charge in [-0.1, -0.05) is 18.9 Å². The monoisotopic (exact) mass is 198 g/mol. The van der Waals surface area contributed by atoms with E-state index in [2.05, 4.69) is 15.9 Å². The normalized spacial score (nSPS) is 11.7. The fourth-order valence-electron chi connectivity index (χ4n) is 1.07. The van der Waals surface area contributed by atoms with E-state index in [4.69, 9.17) is 6.42 Å². The Kier molecular flexibility index (Phi) is 4.30. The van der Waals surface area contributed by atoms with Gasteiger partial charge in [-0.15, -0.1) is 6.42 Å². The quantitative estimate of drug-likeness (QED) is 0.541. The Labute approximate surface area is 90.8 Å². The Balaban J connectivity index is 3.01. The van der Waals surface area contributed by atoms with Crippen molar-refractivity contribution in [3.05, 3.63) is 35.7 Å². The van der Waals surface area contributed by atoms with Crippen molar-refractivity contribution in [1.29, 1.82) is 0 Å². The first-order chi connectivity index (χ1) is 7.27. The van der Waals surface area contributed by atoms with Crippen LogP contribution in [-0.2, 0) is 0 Å². The standard InChI is InChI=1S/C13H14N2/c1-4-6-12(14-9-5-2)13-8-7-11(3)10-15-13/h1,6-10H,5H2,2-3H3/b12-6-,14-9-. The first kappa shape index (κ1) is 11.2. The molecule has 0 fully saturated rings. The molecule has 0 aliphatic heterocycles. The Morgan fingerprint density at radius 2 is 2.40 bits per heavy atom. The minimum Gasteiger partial charge on any atom is -0.258 e. The molecule has 1 rings (SSSR count). The number of nitrogens with zero attached hydrogens (tertiary/aromatic N) is 2. The van der Waals surface area contributed by atoms with Crippen LogP contribution in [0.4, 0.5) is 0 Å². The maximum atomic E-state index is 5.24. The average molecular weight is 198 g/mol. The van der Waals surface area contributed by atoms with E-state index in [0.29, 0.717) is 0 Å². The van der Waals surface area contributed by atoms with Gasteiger partial charge in [0.15, 0.2) is 0 Å². The van der Waals surface area contributed by atoms with Crippen LogP contribution in [0, 0.1) is 19.3 Å². The molecule has 0 aliphatic carbocycles. The molecule has 0 aromatic carbocycles. The van der Waals surface area contributed by atoms with Gasteiger partial charge < -0.3 is 0 Å². The molecule has 0 spiro atoms. The number of hydrogen-bond donors (Lipinski definition) is 0. The highest BCUT2D eigenvalue weighted by Crippen LogP contribution is 2.12. The molecule has 1 aromatic rings. The summed E-state index contributed by atoms with van der Waals surface area (Å²) in [5.74, 6) is 2.47. The Bertz CT molecular complexity index is 405. The van der Waals surface area contributed by atoms with Gasteiger partial charge in [-0.25, -0.2) is 0 Å². The largest absolute Gasteiger partial charge is 0.258 e. The fraction of sp³-hybridized carbons (Fsp3) is 0.231. The van der Waals surface area contributed by atoms with Gasteiger partial charge in [0.2, 0.25) is 0 Å². The predicted octanol–water partition coefficient (Wildman–Crippen LogP) is 2.84. The summed E-state index contributed by atoms with van der Waals surface area (Å²) in [5, 5.41) is 0. The van der Waals surface area contributed by atoms with Crippen molar-refractivity contribution in [3.63, 3.8) is 0 Å². The van der Waals surface area contributed by atoms with E-state index in [1.54, 1.807) is 12.3 Å². The minimum absolute atomic E-state index is 0.736. The molecule has 0 saturated heterocycles. The maximum Gasteiger partial charge on any atom is 0.0965 e. The molecule has 0 N–H and O–H groups in total. The number of hydrogen-bond acceptors (Lipinski definition) is 2. The lowest BCUT2D eigenvalue weighted by Crippen LogP contribution is -1.88. The lowest BCUT2D eigenvalue weighted by atomic mass is 10.2. The van der Waals surface area contributed by atoms with E-state index in [9.17, 15) is 0 Å². The van der Waals surface area contributed by atoms with E-state index < -0.39 is 0 Å². The zero-order chi connectivity index (χ0) is 11.1. The molecule has 15 heavy (non-hydrogen) atoms. The molecule has 0 bridgehead atoms. The number of terminal acetylenes is 1. The molecular weight excluding hydrogens is 184 g/mol. The molecule has 0 saturated carbocycles. The predicted molar refractivity (Wildman–Crippen MR) is 64.6 cm³/mol. The van der Waals surface area contributed by atoms with Gasteiger partial charge in [-0.3, -0.25) is 9.98 Å². The lowest BCUT2D eigenvalue weighted by Gasteiger charge is -1.99. The molecule has 0 aliphatic rings. The second-order valence-electron chi connectivity index (χ2n) is 3.14. The molecular formula is C13H14N2. The summed E-state index contributed by atoms with van der Waals surface area (Å²) in [6, 6.07) is 3.92. The zero-order valence-corrected chi connectivity index (χ0v) is 9.07. The minimum atomic E-state index is 0.736. The highest BCUT2D eigenvalue weighted by Gasteiger charge is 1.98. The molecule has 0 atom stereocenters. The molecule has 2 heteroatoms. The van der Waals surface area contributed by atoms with Crippen LogP contribution in [0.15, 0.2) is 29.4 Å². The number of allylic oxidation sites excluding steroid dienone is 1. The van der Waals surface area contributed by atoms with E-state index in [0.717, 1.165) is 23.4 Å². The van der Waals surface area contributed by atoms with Gasteiger partial charge in [0.25, 0.3) is 0 Å². The van der Waals surface area contributed by atoms with Gasteiger partial charge in [-0.05, 0) is 25.0 Å². The van der Waals surface area contributed by atoms with Crippen molar-refractivity contribution in [2.45, 2.75) is 20.3 Å². The summed E-state index contributed by atoms with van der Waals surface area (Å²) >= 11 is 0. The van der Waals surface area contributed by atoms with Crippen LogP contribution in [0.2, 0.25) is 0 Å². The SMILES string of the molecule is C#C/C=C(\N=C/CC)c1ccc(C)cn1. The third-order valence-electron chi connectivity index (χ3n) is 1.81.